The van der Waals surface area contributed by atoms with Crippen molar-refractivity contribution in [2.24, 2.45) is 23.7 Å². The number of hydrogen-bond donors (Lipinski definition) is 0. The molecule has 3 aromatic carbocycles. The van der Waals surface area contributed by atoms with Crippen LogP contribution in [0.5, 0.6) is 0 Å². The average molecular weight is 609 g/mol. The van der Waals surface area contributed by atoms with Crippen molar-refractivity contribution < 1.29 is 28.3 Å². The largest absolute Gasteiger partial charge is 0.454 e. The second-order valence-electron chi connectivity index (χ2n) is 11.7. The van der Waals surface area contributed by atoms with Gasteiger partial charge >= 0.3 is 5.97 Å². The summed E-state index contributed by atoms with van der Waals surface area (Å²) in [6.45, 7) is 3.30. The van der Waals surface area contributed by atoms with E-state index in [-0.39, 0.29) is 46.6 Å². The molecule has 4 unspecified atom stereocenters. The SMILES string of the molecule is CC1=CC2CC1C1C(=O)N(c3ccc(-c4cc(C(=O)OCC(=O)c5ccc(F)cc5)c5ccc(Cl)c(C)c5n4)cc3)C(=O)C21. The number of benzene rings is 3. The molecule has 2 amide bonds. The summed E-state index contributed by atoms with van der Waals surface area (Å²) in [5, 5.41) is 0.975. The summed E-state index contributed by atoms with van der Waals surface area (Å²) >= 11 is 6.39. The highest BCUT2D eigenvalue weighted by Crippen LogP contribution is 2.56. The number of ether oxygens (including phenoxy) is 1. The van der Waals surface area contributed by atoms with Crippen LogP contribution >= 0.6 is 11.6 Å². The standard InChI is InChI=1S/C35H26ClFN2O5/c1-17-13-21-14-25(17)31-30(21)33(41)39(34(31)42)23-9-5-19(6-10-23)28-15-26(24-11-12-27(36)18(2)32(24)38-28)35(43)44-16-29(40)20-3-7-22(37)8-4-20/h3-13,15,21,25,30-31H,14,16H2,1-2H3. The maximum atomic E-state index is 13.4. The first-order chi connectivity index (χ1) is 21.1. The molecule has 0 spiro atoms. The zero-order valence-corrected chi connectivity index (χ0v) is 24.6. The number of fused-ring (bicyclic) bond motifs is 6. The van der Waals surface area contributed by atoms with Crippen molar-refractivity contribution in [1.82, 2.24) is 4.98 Å². The molecular formula is C35H26ClFN2O5. The van der Waals surface area contributed by atoms with Gasteiger partial charge in [-0.1, -0.05) is 41.4 Å². The van der Waals surface area contributed by atoms with E-state index in [1.54, 1.807) is 49.4 Å². The van der Waals surface area contributed by atoms with Crippen molar-refractivity contribution in [2.75, 3.05) is 11.5 Å². The molecule has 3 aliphatic rings. The second-order valence-corrected chi connectivity index (χ2v) is 12.1. The molecule has 220 valence electrons. The fourth-order valence-electron chi connectivity index (χ4n) is 6.96. The van der Waals surface area contributed by atoms with Crippen LogP contribution in [0, 0.1) is 36.4 Å². The molecule has 2 fully saturated rings. The fraction of sp³-hybridized carbons (Fsp3) is 0.229. The summed E-state index contributed by atoms with van der Waals surface area (Å²) in [6.07, 6.45) is 3.01. The normalized spacial score (nSPS) is 22.0. The Hall–Kier alpha value is -4.69. The van der Waals surface area contributed by atoms with E-state index < -0.39 is 24.2 Å². The molecule has 1 saturated heterocycles. The van der Waals surface area contributed by atoms with Gasteiger partial charge in [-0.05, 0) is 86.2 Å². The number of Topliss-reactive ketones (excluding diaryl/α,β-unsaturated/α-hetero) is 1. The minimum atomic E-state index is -0.731. The molecule has 1 aliphatic heterocycles. The van der Waals surface area contributed by atoms with Crippen molar-refractivity contribution in [1.29, 1.82) is 0 Å². The lowest BCUT2D eigenvalue weighted by Gasteiger charge is -2.19. The van der Waals surface area contributed by atoms with Crippen LogP contribution in [-0.4, -0.2) is 35.2 Å². The number of hydrogen-bond acceptors (Lipinski definition) is 6. The fourth-order valence-corrected chi connectivity index (χ4v) is 7.11. The van der Waals surface area contributed by atoms with Crippen molar-refractivity contribution >= 4 is 51.8 Å². The van der Waals surface area contributed by atoms with Crippen LogP contribution in [0.4, 0.5) is 10.1 Å². The number of aromatic nitrogens is 1. The Kier molecular flexibility index (Phi) is 6.70. The summed E-state index contributed by atoms with van der Waals surface area (Å²) < 4.78 is 18.6. The highest BCUT2D eigenvalue weighted by atomic mass is 35.5. The molecule has 7 rings (SSSR count). The van der Waals surface area contributed by atoms with Crippen LogP contribution in [0.3, 0.4) is 0 Å². The Labute approximate surface area is 257 Å². The van der Waals surface area contributed by atoms with Crippen LogP contribution in [0.1, 0.15) is 39.6 Å². The number of anilines is 1. The molecule has 1 saturated carbocycles. The highest BCUT2D eigenvalue weighted by molar-refractivity contribution is 6.32. The van der Waals surface area contributed by atoms with E-state index >= 15 is 0 Å². The van der Waals surface area contributed by atoms with Gasteiger partial charge in [-0.2, -0.15) is 0 Å². The number of imide groups is 1. The molecule has 7 nitrogen and oxygen atoms in total. The number of nitrogens with zero attached hydrogens (tertiary/aromatic N) is 2. The topological polar surface area (TPSA) is 93.6 Å². The smallest absolute Gasteiger partial charge is 0.339 e. The molecule has 1 aromatic heterocycles. The van der Waals surface area contributed by atoms with E-state index in [1.165, 1.54) is 34.7 Å². The molecule has 2 aliphatic carbocycles. The van der Waals surface area contributed by atoms with Crippen molar-refractivity contribution in [3.05, 3.63) is 106 Å². The third-order valence-electron chi connectivity index (χ3n) is 9.19. The molecular weight excluding hydrogens is 583 g/mol. The molecule has 0 N–H and O–H groups in total. The molecule has 0 radical (unpaired) electrons. The molecule has 4 atom stereocenters. The van der Waals surface area contributed by atoms with E-state index in [0.29, 0.717) is 38.4 Å². The van der Waals surface area contributed by atoms with Crippen LogP contribution in [0.25, 0.3) is 22.2 Å². The Morgan fingerprint density at radius 2 is 1.68 bits per heavy atom. The summed E-state index contributed by atoms with van der Waals surface area (Å²) in [5.41, 5.74) is 4.35. The predicted octanol–water partition coefficient (Wildman–Crippen LogP) is 6.74. The van der Waals surface area contributed by atoms with Crippen molar-refractivity contribution in [3.63, 3.8) is 0 Å². The quantitative estimate of drug-likeness (QED) is 0.104. The van der Waals surface area contributed by atoms with Gasteiger partial charge in [-0.3, -0.25) is 19.3 Å². The van der Waals surface area contributed by atoms with Crippen molar-refractivity contribution in [2.45, 2.75) is 20.3 Å². The predicted molar refractivity (Wildman–Crippen MR) is 163 cm³/mol. The van der Waals surface area contributed by atoms with Gasteiger partial charge in [-0.15, -0.1) is 0 Å². The Balaban J connectivity index is 1.18. The third kappa shape index (κ3) is 4.44. The molecule has 2 heterocycles. The van der Waals surface area contributed by atoms with Crippen molar-refractivity contribution in [3.8, 4) is 11.3 Å². The van der Waals surface area contributed by atoms with Crippen LogP contribution in [0.2, 0.25) is 5.02 Å². The van der Waals surface area contributed by atoms with Gasteiger partial charge in [0.2, 0.25) is 11.8 Å². The number of pyridine rings is 1. The third-order valence-corrected chi connectivity index (χ3v) is 9.60. The Morgan fingerprint density at radius 1 is 0.977 bits per heavy atom. The molecule has 4 aromatic rings. The van der Waals surface area contributed by atoms with Crippen LogP contribution in [-0.2, 0) is 14.3 Å². The van der Waals surface area contributed by atoms with Gasteiger partial charge in [0.1, 0.15) is 5.82 Å². The van der Waals surface area contributed by atoms with E-state index in [9.17, 15) is 23.6 Å². The number of amides is 2. The minimum absolute atomic E-state index is 0.117. The molecule has 9 heteroatoms. The number of aryl methyl sites for hydroxylation is 1. The maximum Gasteiger partial charge on any atom is 0.339 e. The van der Waals surface area contributed by atoms with Gasteiger partial charge < -0.3 is 4.74 Å². The highest BCUT2D eigenvalue weighted by Gasteiger charge is 2.60. The maximum absolute atomic E-state index is 13.4. The lowest BCUT2D eigenvalue weighted by molar-refractivity contribution is -0.123. The first-order valence-corrected chi connectivity index (χ1v) is 14.7. The summed E-state index contributed by atoms with van der Waals surface area (Å²) in [6, 6.07) is 16.8. The average Bonchev–Trinajstić information content (AvgIpc) is 3.67. The number of rotatable bonds is 6. The van der Waals surface area contributed by atoms with Gasteiger partial charge in [0.25, 0.3) is 0 Å². The minimum Gasteiger partial charge on any atom is -0.454 e. The van der Waals surface area contributed by atoms with E-state index in [2.05, 4.69) is 6.08 Å². The van der Waals surface area contributed by atoms with E-state index in [0.717, 1.165) is 6.42 Å². The Morgan fingerprint density at radius 3 is 2.41 bits per heavy atom. The monoisotopic (exact) mass is 608 g/mol. The number of allylic oxidation sites excluding steroid dienone is 2. The van der Waals surface area contributed by atoms with Gasteiger partial charge in [0.15, 0.2) is 12.4 Å². The van der Waals surface area contributed by atoms with Crippen LogP contribution < -0.4 is 4.90 Å². The van der Waals surface area contributed by atoms with Gasteiger partial charge in [0.05, 0.1) is 34.3 Å². The lowest BCUT2D eigenvalue weighted by atomic mass is 9.82. The zero-order chi connectivity index (χ0) is 30.9. The Bertz CT molecular complexity index is 1940. The van der Waals surface area contributed by atoms with Gasteiger partial charge in [0, 0.05) is 21.5 Å². The first-order valence-electron chi connectivity index (χ1n) is 14.3. The van der Waals surface area contributed by atoms with E-state index in [1.807, 2.05) is 6.92 Å². The zero-order valence-electron chi connectivity index (χ0n) is 23.8. The lowest BCUT2D eigenvalue weighted by Crippen LogP contribution is -2.32. The number of ketones is 1. The summed E-state index contributed by atoms with van der Waals surface area (Å²) in [5.74, 6) is -2.33. The van der Waals surface area contributed by atoms with E-state index in [4.69, 9.17) is 21.3 Å². The number of esters is 1. The molecule has 2 bridgehead atoms. The number of carbonyl (C=O) groups excluding carboxylic acids is 4. The first kappa shape index (κ1) is 28.1. The summed E-state index contributed by atoms with van der Waals surface area (Å²) in [4.78, 5) is 58.7. The number of carbonyl (C=O) groups is 4. The van der Waals surface area contributed by atoms with Crippen LogP contribution in [0.15, 0.2) is 78.4 Å². The van der Waals surface area contributed by atoms with Gasteiger partial charge in [-0.25, -0.2) is 14.2 Å². The molecule has 44 heavy (non-hydrogen) atoms. The number of halogens is 2. The second kappa shape index (κ2) is 10.5. The summed E-state index contributed by atoms with van der Waals surface area (Å²) in [7, 11) is 0.